The number of carbonyl (C=O) groups is 2. The summed E-state index contributed by atoms with van der Waals surface area (Å²) in [5.41, 5.74) is 0. The quantitative estimate of drug-likeness (QED) is 0.0146. The van der Waals surface area contributed by atoms with Gasteiger partial charge in [0.15, 0.2) is 6.10 Å². The van der Waals surface area contributed by atoms with E-state index in [1.807, 2.05) is 12.2 Å². The molecule has 13 nitrogen and oxygen atoms in total. The third kappa shape index (κ3) is 31.7. The minimum atomic E-state index is -5.13. The van der Waals surface area contributed by atoms with Crippen LogP contribution in [-0.2, 0) is 32.7 Å². The lowest BCUT2D eigenvalue weighted by molar-refractivity contribution is -0.220. The van der Waals surface area contributed by atoms with Crippen LogP contribution in [0, 0.1) is 0 Å². The Morgan fingerprint density at radius 2 is 0.859 bits per heavy atom. The summed E-state index contributed by atoms with van der Waals surface area (Å²) in [7, 11) is -5.13. The van der Waals surface area contributed by atoms with Gasteiger partial charge in [-0.15, -0.1) is 0 Å². The highest BCUT2D eigenvalue weighted by molar-refractivity contribution is 7.47. The SMILES string of the molecule is CCCCC/C=C/C/C=C/C/C=C/C/C=C/CCCC(=O)O[C@@H](COC(=O)CCCCCCCCCCCCCCCCCCCC)COP(=O)(O)OC1C(O)C(O)C(O)[C@H](O)C1O. The Kier molecular flexibility index (Phi) is 37.3. The summed E-state index contributed by atoms with van der Waals surface area (Å²) in [5.74, 6) is -1.16. The molecule has 0 heterocycles. The van der Waals surface area contributed by atoms with Gasteiger partial charge in [-0.3, -0.25) is 18.6 Å². The lowest BCUT2D eigenvalue weighted by Crippen LogP contribution is -2.64. The smallest absolute Gasteiger partial charge is 0.462 e. The van der Waals surface area contributed by atoms with E-state index < -0.39 is 75.7 Å². The molecule has 0 aliphatic heterocycles. The van der Waals surface area contributed by atoms with Crippen LogP contribution in [0.4, 0.5) is 0 Å². The largest absolute Gasteiger partial charge is 0.472 e. The van der Waals surface area contributed by atoms with Gasteiger partial charge >= 0.3 is 19.8 Å². The molecule has 0 aromatic carbocycles. The van der Waals surface area contributed by atoms with Crippen molar-refractivity contribution in [3.8, 4) is 0 Å². The molecule has 0 saturated heterocycles. The zero-order chi connectivity index (χ0) is 47.1. The second-order valence-corrected chi connectivity index (χ2v) is 18.7. The first-order valence-electron chi connectivity index (χ1n) is 24.9. The van der Waals surface area contributed by atoms with Crippen LogP contribution < -0.4 is 0 Å². The van der Waals surface area contributed by atoms with Gasteiger partial charge in [0.25, 0.3) is 0 Å². The number of aliphatic hydroxyl groups is 5. The van der Waals surface area contributed by atoms with E-state index in [2.05, 4.69) is 50.3 Å². The molecule has 64 heavy (non-hydrogen) atoms. The molecule has 1 aliphatic rings. The van der Waals surface area contributed by atoms with Crippen LogP contribution in [0.3, 0.4) is 0 Å². The van der Waals surface area contributed by atoms with Gasteiger partial charge in [-0.05, 0) is 51.4 Å². The Morgan fingerprint density at radius 3 is 1.33 bits per heavy atom. The minimum absolute atomic E-state index is 0.0215. The molecule has 0 amide bonds. The summed E-state index contributed by atoms with van der Waals surface area (Å²) < 4.78 is 33.5. The first kappa shape index (κ1) is 59.8. The van der Waals surface area contributed by atoms with Gasteiger partial charge in [0.1, 0.15) is 43.2 Å². The number of rotatable bonds is 41. The van der Waals surface area contributed by atoms with Crippen molar-refractivity contribution in [2.75, 3.05) is 13.2 Å². The molecule has 1 rings (SSSR count). The van der Waals surface area contributed by atoms with E-state index in [0.717, 1.165) is 44.9 Å². The second kappa shape index (κ2) is 39.9. The Labute approximate surface area is 386 Å². The summed E-state index contributed by atoms with van der Waals surface area (Å²) in [4.78, 5) is 35.8. The average Bonchev–Trinajstić information content (AvgIpc) is 3.28. The zero-order valence-corrected chi connectivity index (χ0v) is 40.5. The lowest BCUT2D eigenvalue weighted by Gasteiger charge is -2.41. The molecule has 0 radical (unpaired) electrons. The summed E-state index contributed by atoms with van der Waals surface area (Å²) in [6.07, 6.45) is 34.5. The topological polar surface area (TPSA) is 210 Å². The molecule has 372 valence electrons. The van der Waals surface area contributed by atoms with Gasteiger partial charge in [0, 0.05) is 12.8 Å². The number of unbranched alkanes of at least 4 members (excludes halogenated alkanes) is 21. The summed E-state index contributed by atoms with van der Waals surface area (Å²) in [6, 6.07) is 0. The highest BCUT2D eigenvalue weighted by Crippen LogP contribution is 2.47. The Morgan fingerprint density at radius 1 is 0.484 bits per heavy atom. The van der Waals surface area contributed by atoms with Gasteiger partial charge in [0.05, 0.1) is 6.61 Å². The Hall–Kier alpha value is -2.19. The fourth-order valence-corrected chi connectivity index (χ4v) is 8.37. The van der Waals surface area contributed by atoms with Crippen molar-refractivity contribution in [3.63, 3.8) is 0 Å². The van der Waals surface area contributed by atoms with E-state index in [0.29, 0.717) is 19.3 Å². The predicted molar refractivity (Wildman–Crippen MR) is 253 cm³/mol. The molecular formula is C50H89O13P. The minimum Gasteiger partial charge on any atom is -0.462 e. The zero-order valence-electron chi connectivity index (χ0n) is 39.6. The third-order valence-corrected chi connectivity index (χ3v) is 12.4. The maximum absolute atomic E-state index is 12.8. The molecule has 1 fully saturated rings. The molecule has 0 bridgehead atoms. The summed E-state index contributed by atoms with van der Waals surface area (Å²) >= 11 is 0. The molecule has 6 unspecified atom stereocenters. The van der Waals surface area contributed by atoms with Crippen LogP contribution in [0.2, 0.25) is 0 Å². The van der Waals surface area contributed by atoms with E-state index in [1.165, 1.54) is 109 Å². The number of esters is 2. The number of allylic oxidation sites excluding steroid dienone is 8. The van der Waals surface area contributed by atoms with E-state index >= 15 is 0 Å². The number of phosphoric ester groups is 1. The summed E-state index contributed by atoms with van der Waals surface area (Å²) in [6.45, 7) is 3.25. The first-order valence-corrected chi connectivity index (χ1v) is 26.4. The molecule has 14 heteroatoms. The molecule has 0 spiro atoms. The standard InChI is InChI=1S/C50H89O13P/c1-3-5-7-9-11-13-15-17-19-21-23-24-26-28-30-32-34-36-38-43(51)60-40-42(41-61-64(58,59)63-50-48(56)46(54)45(53)47(55)49(50)57)62-44(52)39-37-35-33-31-29-27-25-22-20-18-16-14-12-10-8-6-4-2/h12,14,18,20,25,27,31,33,42,45-50,53-57H,3-11,13,15-17,19,21-24,26,28-30,32,34-41H2,1-2H3,(H,58,59)/b14-12+,20-18+,27-25+,33-31+/t42-,45?,46-,47?,48?,49?,50?/m0/s1. The number of aliphatic hydroxyl groups excluding tert-OH is 5. The van der Waals surface area contributed by atoms with Crippen LogP contribution in [0.15, 0.2) is 48.6 Å². The van der Waals surface area contributed by atoms with Crippen LogP contribution in [0.5, 0.6) is 0 Å². The highest BCUT2D eigenvalue weighted by Gasteiger charge is 2.51. The molecule has 6 N–H and O–H groups in total. The van der Waals surface area contributed by atoms with E-state index in [-0.39, 0.29) is 12.8 Å². The predicted octanol–water partition coefficient (Wildman–Crippen LogP) is 10.3. The van der Waals surface area contributed by atoms with Crippen molar-refractivity contribution in [3.05, 3.63) is 48.6 Å². The monoisotopic (exact) mass is 929 g/mol. The van der Waals surface area contributed by atoms with Crippen molar-refractivity contribution in [2.24, 2.45) is 0 Å². The van der Waals surface area contributed by atoms with Gasteiger partial charge in [-0.25, -0.2) is 4.57 Å². The van der Waals surface area contributed by atoms with Crippen LogP contribution in [0.25, 0.3) is 0 Å². The highest BCUT2D eigenvalue weighted by atomic mass is 31.2. The first-order chi connectivity index (χ1) is 30.9. The van der Waals surface area contributed by atoms with E-state index in [4.69, 9.17) is 18.5 Å². The van der Waals surface area contributed by atoms with Gasteiger partial charge < -0.3 is 39.9 Å². The van der Waals surface area contributed by atoms with Crippen LogP contribution >= 0.6 is 7.82 Å². The van der Waals surface area contributed by atoms with Crippen molar-refractivity contribution < 1.29 is 63.1 Å². The normalized spacial score (nSPS) is 21.9. The Balaban J connectivity index is 2.45. The van der Waals surface area contributed by atoms with Crippen molar-refractivity contribution >= 4 is 19.8 Å². The lowest BCUT2D eigenvalue weighted by atomic mass is 9.85. The van der Waals surface area contributed by atoms with Crippen LogP contribution in [-0.4, -0.2) is 98.3 Å². The molecule has 1 saturated carbocycles. The molecule has 0 aromatic rings. The molecular weight excluding hydrogens is 840 g/mol. The fraction of sp³-hybridized carbons (Fsp3) is 0.800. The van der Waals surface area contributed by atoms with E-state index in [9.17, 15) is 44.6 Å². The van der Waals surface area contributed by atoms with Crippen molar-refractivity contribution in [1.82, 2.24) is 0 Å². The second-order valence-electron chi connectivity index (χ2n) is 17.3. The van der Waals surface area contributed by atoms with Gasteiger partial charge in [-0.2, -0.15) is 0 Å². The molecule has 1 aliphatic carbocycles. The number of hydrogen-bond donors (Lipinski definition) is 6. The number of hydrogen-bond acceptors (Lipinski definition) is 12. The average molecular weight is 929 g/mol. The number of ether oxygens (including phenoxy) is 2. The molecule has 8 atom stereocenters. The fourth-order valence-electron chi connectivity index (χ4n) is 7.40. The van der Waals surface area contributed by atoms with E-state index in [1.54, 1.807) is 0 Å². The third-order valence-electron chi connectivity index (χ3n) is 11.4. The van der Waals surface area contributed by atoms with Gasteiger partial charge in [-0.1, -0.05) is 184 Å². The maximum atomic E-state index is 12.8. The number of phosphoric acid groups is 1. The maximum Gasteiger partial charge on any atom is 0.472 e. The summed E-state index contributed by atoms with van der Waals surface area (Å²) in [5, 5.41) is 50.2. The Bertz CT molecular complexity index is 1300. The molecule has 0 aromatic heterocycles. The van der Waals surface area contributed by atoms with Crippen LogP contribution in [0.1, 0.15) is 200 Å². The van der Waals surface area contributed by atoms with Crippen molar-refractivity contribution in [2.45, 2.75) is 243 Å². The number of carbonyl (C=O) groups excluding carboxylic acids is 2. The van der Waals surface area contributed by atoms with Gasteiger partial charge in [0.2, 0.25) is 0 Å². The van der Waals surface area contributed by atoms with Crippen molar-refractivity contribution in [1.29, 1.82) is 0 Å².